The molecule has 4 heteroatoms. The van der Waals surface area contributed by atoms with E-state index in [1.165, 1.54) is 18.4 Å². The van der Waals surface area contributed by atoms with E-state index in [4.69, 9.17) is 0 Å². The summed E-state index contributed by atoms with van der Waals surface area (Å²) in [6.07, 6.45) is 3.48. The lowest BCUT2D eigenvalue weighted by atomic mass is 10.0. The summed E-state index contributed by atoms with van der Waals surface area (Å²) in [5.41, 5.74) is 3.18. The lowest BCUT2D eigenvalue weighted by Crippen LogP contribution is -2.30. The first-order valence-corrected chi connectivity index (χ1v) is 8.57. The van der Waals surface area contributed by atoms with Crippen molar-refractivity contribution in [2.24, 2.45) is 5.92 Å². The summed E-state index contributed by atoms with van der Waals surface area (Å²) in [6.45, 7) is 0. The monoisotopic (exact) mass is 319 g/mol. The van der Waals surface area contributed by atoms with Gasteiger partial charge in [-0.3, -0.25) is 4.79 Å². The summed E-state index contributed by atoms with van der Waals surface area (Å²) in [6, 6.07) is 18.4. The smallest absolute Gasteiger partial charge is 0.220 e. The summed E-state index contributed by atoms with van der Waals surface area (Å²) in [5, 5.41) is 3.22. The minimum absolute atomic E-state index is 0.0937. The number of H-pyrrole nitrogens is 1. The van der Waals surface area contributed by atoms with Gasteiger partial charge < -0.3 is 10.3 Å². The van der Waals surface area contributed by atoms with Gasteiger partial charge in [0.1, 0.15) is 5.82 Å². The van der Waals surface area contributed by atoms with Crippen LogP contribution in [0.4, 0.5) is 0 Å². The Morgan fingerprint density at radius 2 is 1.88 bits per heavy atom. The Labute approximate surface area is 141 Å². The van der Waals surface area contributed by atoms with E-state index in [-0.39, 0.29) is 11.9 Å². The van der Waals surface area contributed by atoms with Gasteiger partial charge in [-0.15, -0.1) is 0 Å². The van der Waals surface area contributed by atoms with Crippen LogP contribution in [0.15, 0.2) is 54.6 Å². The maximum Gasteiger partial charge on any atom is 0.220 e. The summed E-state index contributed by atoms with van der Waals surface area (Å²) in [5.74, 6) is 1.55. The van der Waals surface area contributed by atoms with E-state index < -0.39 is 0 Å². The normalized spacial score (nSPS) is 15.3. The number of hydrogen-bond acceptors (Lipinski definition) is 2. The SMILES string of the molecule is O=C(CCc1nc2ccccc2[nH]1)N[C@@H](c1ccccc1)C1CC1. The maximum atomic E-state index is 12.4. The van der Waals surface area contributed by atoms with Crippen molar-refractivity contribution in [2.45, 2.75) is 31.7 Å². The highest BCUT2D eigenvalue weighted by Gasteiger charge is 2.33. The van der Waals surface area contributed by atoms with E-state index >= 15 is 0 Å². The topological polar surface area (TPSA) is 57.8 Å². The number of carbonyl (C=O) groups is 1. The van der Waals surface area contributed by atoms with Gasteiger partial charge in [-0.1, -0.05) is 42.5 Å². The molecule has 1 aromatic heterocycles. The van der Waals surface area contributed by atoms with Gasteiger partial charge in [0.25, 0.3) is 0 Å². The zero-order valence-electron chi connectivity index (χ0n) is 13.5. The van der Waals surface area contributed by atoms with Crippen LogP contribution < -0.4 is 5.32 Å². The Kier molecular flexibility index (Phi) is 4.03. The molecule has 1 aliphatic carbocycles. The molecule has 0 radical (unpaired) electrons. The summed E-state index contributed by atoms with van der Waals surface area (Å²) >= 11 is 0. The van der Waals surface area contributed by atoms with Gasteiger partial charge in [-0.05, 0) is 36.5 Å². The zero-order valence-corrected chi connectivity index (χ0v) is 13.5. The van der Waals surface area contributed by atoms with Crippen molar-refractivity contribution < 1.29 is 4.79 Å². The van der Waals surface area contributed by atoms with Crippen molar-refractivity contribution in [3.8, 4) is 0 Å². The molecule has 4 rings (SSSR count). The first kappa shape index (κ1) is 14.9. The van der Waals surface area contributed by atoms with Gasteiger partial charge in [-0.2, -0.15) is 0 Å². The van der Waals surface area contributed by atoms with Crippen molar-refractivity contribution in [1.82, 2.24) is 15.3 Å². The number of rotatable bonds is 6. The van der Waals surface area contributed by atoms with E-state index in [0.29, 0.717) is 18.8 Å². The van der Waals surface area contributed by atoms with Crippen molar-refractivity contribution in [1.29, 1.82) is 0 Å². The lowest BCUT2D eigenvalue weighted by molar-refractivity contribution is -0.122. The van der Waals surface area contributed by atoms with Crippen LogP contribution in [-0.2, 0) is 11.2 Å². The first-order chi connectivity index (χ1) is 11.8. The number of hydrogen-bond donors (Lipinski definition) is 2. The van der Waals surface area contributed by atoms with E-state index in [2.05, 4.69) is 27.4 Å². The minimum atomic E-state index is 0.0937. The number of aromatic amines is 1. The number of para-hydroxylation sites is 2. The largest absolute Gasteiger partial charge is 0.349 e. The molecule has 1 fully saturated rings. The second-order valence-electron chi connectivity index (χ2n) is 6.49. The molecule has 0 spiro atoms. The van der Waals surface area contributed by atoms with Crippen LogP contribution in [0.1, 0.15) is 36.7 Å². The van der Waals surface area contributed by atoms with Crippen molar-refractivity contribution in [3.63, 3.8) is 0 Å². The number of nitrogens with zero attached hydrogens (tertiary/aromatic N) is 1. The summed E-state index contributed by atoms with van der Waals surface area (Å²) in [7, 11) is 0. The molecular weight excluding hydrogens is 298 g/mol. The molecule has 1 amide bonds. The van der Waals surface area contributed by atoms with Crippen LogP contribution in [0, 0.1) is 5.92 Å². The fraction of sp³-hybridized carbons (Fsp3) is 0.300. The predicted molar refractivity (Wildman–Crippen MR) is 94.5 cm³/mol. The number of nitrogens with one attached hydrogen (secondary N) is 2. The Bertz CT molecular complexity index is 803. The Balaban J connectivity index is 1.38. The lowest BCUT2D eigenvalue weighted by Gasteiger charge is -2.18. The van der Waals surface area contributed by atoms with Crippen LogP contribution in [0.3, 0.4) is 0 Å². The Hall–Kier alpha value is -2.62. The molecule has 1 saturated carbocycles. The van der Waals surface area contributed by atoms with Crippen molar-refractivity contribution in [2.75, 3.05) is 0 Å². The first-order valence-electron chi connectivity index (χ1n) is 8.57. The molecule has 24 heavy (non-hydrogen) atoms. The molecule has 0 aliphatic heterocycles. The molecule has 122 valence electrons. The Morgan fingerprint density at radius 3 is 2.62 bits per heavy atom. The number of amides is 1. The molecule has 4 nitrogen and oxygen atoms in total. The third-order valence-corrected chi connectivity index (χ3v) is 4.60. The minimum Gasteiger partial charge on any atom is -0.349 e. The molecule has 0 bridgehead atoms. The zero-order chi connectivity index (χ0) is 16.4. The van der Waals surface area contributed by atoms with Crippen LogP contribution >= 0.6 is 0 Å². The standard InChI is InChI=1S/C20H21N3O/c24-19(13-12-18-21-16-8-4-5-9-17(16)22-18)23-20(15-10-11-15)14-6-2-1-3-7-14/h1-9,15,20H,10-13H2,(H,21,22)(H,23,24)/t20-/m0/s1. The van der Waals surface area contributed by atoms with Gasteiger partial charge in [0, 0.05) is 12.8 Å². The number of imidazole rings is 1. The quantitative estimate of drug-likeness (QED) is 0.727. The molecule has 0 saturated heterocycles. The fourth-order valence-electron chi connectivity index (χ4n) is 3.16. The third kappa shape index (κ3) is 3.32. The highest BCUT2D eigenvalue weighted by molar-refractivity contribution is 5.77. The molecule has 0 unspecified atom stereocenters. The molecule has 2 N–H and O–H groups in total. The van der Waals surface area contributed by atoms with Gasteiger partial charge >= 0.3 is 0 Å². The van der Waals surface area contributed by atoms with Crippen molar-refractivity contribution >= 4 is 16.9 Å². The van der Waals surface area contributed by atoms with E-state index in [9.17, 15) is 4.79 Å². The molecular formula is C20H21N3O. The van der Waals surface area contributed by atoms with E-state index in [0.717, 1.165) is 16.9 Å². The number of carbonyl (C=O) groups excluding carboxylic acids is 1. The molecule has 1 atom stereocenters. The number of aryl methyl sites for hydroxylation is 1. The van der Waals surface area contributed by atoms with Gasteiger partial charge in [0.15, 0.2) is 0 Å². The number of aromatic nitrogens is 2. The molecule has 1 aliphatic rings. The van der Waals surface area contributed by atoms with Crippen molar-refractivity contribution in [3.05, 3.63) is 66.0 Å². The molecule has 1 heterocycles. The van der Waals surface area contributed by atoms with Crippen LogP contribution in [0.2, 0.25) is 0 Å². The maximum absolute atomic E-state index is 12.4. The second kappa shape index (κ2) is 6.48. The molecule has 3 aromatic rings. The van der Waals surface area contributed by atoms with Gasteiger partial charge in [0.2, 0.25) is 5.91 Å². The van der Waals surface area contributed by atoms with E-state index in [1.54, 1.807) is 0 Å². The third-order valence-electron chi connectivity index (χ3n) is 4.60. The summed E-state index contributed by atoms with van der Waals surface area (Å²) < 4.78 is 0. The predicted octanol–water partition coefficient (Wildman–Crippen LogP) is 3.76. The highest BCUT2D eigenvalue weighted by Crippen LogP contribution is 2.40. The average molecular weight is 319 g/mol. The van der Waals surface area contributed by atoms with Crippen LogP contribution in [0.25, 0.3) is 11.0 Å². The summed E-state index contributed by atoms with van der Waals surface area (Å²) in [4.78, 5) is 20.2. The highest BCUT2D eigenvalue weighted by atomic mass is 16.1. The van der Waals surface area contributed by atoms with Gasteiger partial charge in [-0.25, -0.2) is 4.98 Å². The fourth-order valence-corrected chi connectivity index (χ4v) is 3.16. The van der Waals surface area contributed by atoms with Gasteiger partial charge in [0.05, 0.1) is 17.1 Å². The number of fused-ring (bicyclic) bond motifs is 1. The average Bonchev–Trinajstić information content (AvgIpc) is 3.37. The number of benzene rings is 2. The van der Waals surface area contributed by atoms with E-state index in [1.807, 2.05) is 42.5 Å². The Morgan fingerprint density at radius 1 is 1.12 bits per heavy atom. The second-order valence-corrected chi connectivity index (χ2v) is 6.49. The molecule has 2 aromatic carbocycles. The van der Waals surface area contributed by atoms with Crippen LogP contribution in [0.5, 0.6) is 0 Å². The van der Waals surface area contributed by atoms with Crippen LogP contribution in [-0.4, -0.2) is 15.9 Å².